The second-order valence-electron chi connectivity index (χ2n) is 3.81. The van der Waals surface area contributed by atoms with Gasteiger partial charge < -0.3 is 9.73 Å². The monoisotopic (exact) mass is 247 g/mol. The van der Waals surface area contributed by atoms with Crippen molar-refractivity contribution in [3.8, 4) is 0 Å². The fraction of sp³-hybridized carbons (Fsp3) is 0.286. The highest BCUT2D eigenvalue weighted by Crippen LogP contribution is 2.22. The average Bonchev–Trinajstić information content (AvgIpc) is 2.89. The van der Waals surface area contributed by atoms with Crippen molar-refractivity contribution in [3.63, 3.8) is 0 Å². The third-order valence-electron chi connectivity index (χ3n) is 2.62. The molecule has 1 unspecified atom stereocenters. The summed E-state index contributed by atoms with van der Waals surface area (Å²) in [5, 5.41) is 3.52. The van der Waals surface area contributed by atoms with Gasteiger partial charge in [-0.2, -0.15) is 11.8 Å². The van der Waals surface area contributed by atoms with Crippen LogP contribution in [-0.4, -0.2) is 18.6 Å². The molecule has 0 aliphatic carbocycles. The molecular weight excluding hydrogens is 230 g/mol. The molecule has 0 bridgehead atoms. The Balaban J connectivity index is 2.13. The minimum atomic E-state index is 0.151. The summed E-state index contributed by atoms with van der Waals surface area (Å²) in [6.45, 7) is 0.974. The third kappa shape index (κ3) is 3.38. The maximum atomic E-state index is 5.51. The minimum absolute atomic E-state index is 0.151. The van der Waals surface area contributed by atoms with Crippen molar-refractivity contribution in [1.29, 1.82) is 0 Å². The molecule has 1 atom stereocenters. The molecular formula is C14H17NOS. The standard InChI is InChI=1S/C14H17NOS/c1-17-11-9-15-14(13-8-5-10-16-13)12-6-3-2-4-7-12/h2-8,10,14-15H,9,11H2,1H3. The van der Waals surface area contributed by atoms with Gasteiger partial charge in [0, 0.05) is 12.3 Å². The molecule has 1 heterocycles. The molecule has 2 aromatic rings. The fourth-order valence-corrected chi connectivity index (χ4v) is 2.11. The Morgan fingerprint density at radius 1 is 1.18 bits per heavy atom. The van der Waals surface area contributed by atoms with Crippen molar-refractivity contribution in [3.05, 3.63) is 60.1 Å². The molecule has 0 saturated heterocycles. The van der Waals surface area contributed by atoms with E-state index < -0.39 is 0 Å². The Morgan fingerprint density at radius 2 is 2.00 bits per heavy atom. The molecule has 0 fully saturated rings. The largest absolute Gasteiger partial charge is 0.467 e. The molecule has 3 heteroatoms. The Morgan fingerprint density at radius 3 is 2.65 bits per heavy atom. The third-order valence-corrected chi connectivity index (χ3v) is 3.23. The Hall–Kier alpha value is -1.19. The van der Waals surface area contributed by atoms with Gasteiger partial charge in [-0.15, -0.1) is 0 Å². The van der Waals surface area contributed by atoms with Gasteiger partial charge in [-0.3, -0.25) is 0 Å². The molecule has 1 aromatic heterocycles. The molecule has 0 saturated carbocycles. The summed E-state index contributed by atoms with van der Waals surface area (Å²) in [5.74, 6) is 2.07. The fourth-order valence-electron chi connectivity index (χ4n) is 1.79. The van der Waals surface area contributed by atoms with Crippen molar-refractivity contribution >= 4 is 11.8 Å². The summed E-state index contributed by atoms with van der Waals surface area (Å²) < 4.78 is 5.51. The number of hydrogen-bond acceptors (Lipinski definition) is 3. The van der Waals surface area contributed by atoms with Crippen LogP contribution in [0.3, 0.4) is 0 Å². The van der Waals surface area contributed by atoms with Crippen LogP contribution in [0, 0.1) is 0 Å². The SMILES string of the molecule is CSCCNC(c1ccccc1)c1ccco1. The van der Waals surface area contributed by atoms with Crippen LogP contribution in [0.15, 0.2) is 53.1 Å². The maximum absolute atomic E-state index is 5.51. The van der Waals surface area contributed by atoms with Crippen molar-refractivity contribution in [2.45, 2.75) is 6.04 Å². The van der Waals surface area contributed by atoms with Crippen molar-refractivity contribution < 1.29 is 4.42 Å². The van der Waals surface area contributed by atoms with Crippen LogP contribution in [0.25, 0.3) is 0 Å². The molecule has 0 amide bonds. The second-order valence-corrected chi connectivity index (χ2v) is 4.79. The average molecular weight is 247 g/mol. The first-order valence-electron chi connectivity index (χ1n) is 5.72. The van der Waals surface area contributed by atoms with Crippen molar-refractivity contribution in [2.75, 3.05) is 18.6 Å². The molecule has 2 rings (SSSR count). The van der Waals surface area contributed by atoms with Gasteiger partial charge in [0.1, 0.15) is 5.76 Å². The highest BCUT2D eigenvalue weighted by atomic mass is 32.2. The van der Waals surface area contributed by atoms with Gasteiger partial charge in [0.05, 0.1) is 12.3 Å². The Kier molecular flexibility index (Phi) is 4.71. The smallest absolute Gasteiger partial charge is 0.125 e. The van der Waals surface area contributed by atoms with E-state index in [0.29, 0.717) is 0 Å². The van der Waals surface area contributed by atoms with E-state index in [2.05, 4.69) is 35.8 Å². The molecule has 0 radical (unpaired) electrons. The van der Waals surface area contributed by atoms with E-state index >= 15 is 0 Å². The summed E-state index contributed by atoms with van der Waals surface area (Å²) in [6, 6.07) is 14.5. The molecule has 0 aliphatic heterocycles. The van der Waals surface area contributed by atoms with Gasteiger partial charge in [0.25, 0.3) is 0 Å². The first-order valence-corrected chi connectivity index (χ1v) is 7.12. The van der Waals surface area contributed by atoms with E-state index in [0.717, 1.165) is 18.1 Å². The summed E-state index contributed by atoms with van der Waals surface area (Å²) in [4.78, 5) is 0. The van der Waals surface area contributed by atoms with Gasteiger partial charge >= 0.3 is 0 Å². The van der Waals surface area contributed by atoms with Crippen LogP contribution < -0.4 is 5.32 Å². The second kappa shape index (κ2) is 6.52. The summed E-state index contributed by atoms with van der Waals surface area (Å²) in [5.41, 5.74) is 1.24. The van der Waals surface area contributed by atoms with Crippen LogP contribution >= 0.6 is 11.8 Å². The highest BCUT2D eigenvalue weighted by Gasteiger charge is 2.15. The first-order chi connectivity index (χ1) is 8.42. The number of benzene rings is 1. The van der Waals surface area contributed by atoms with Gasteiger partial charge in [0.15, 0.2) is 0 Å². The lowest BCUT2D eigenvalue weighted by Crippen LogP contribution is -2.24. The van der Waals surface area contributed by atoms with Crippen molar-refractivity contribution in [2.24, 2.45) is 0 Å². The zero-order valence-electron chi connectivity index (χ0n) is 9.93. The van der Waals surface area contributed by atoms with Gasteiger partial charge in [-0.1, -0.05) is 30.3 Å². The van der Waals surface area contributed by atoms with Gasteiger partial charge in [-0.05, 0) is 24.0 Å². The highest BCUT2D eigenvalue weighted by molar-refractivity contribution is 7.98. The van der Waals surface area contributed by atoms with Crippen LogP contribution in [0.4, 0.5) is 0 Å². The molecule has 0 aliphatic rings. The van der Waals surface area contributed by atoms with Gasteiger partial charge in [-0.25, -0.2) is 0 Å². The van der Waals surface area contributed by atoms with Crippen LogP contribution in [0.2, 0.25) is 0 Å². The zero-order valence-corrected chi connectivity index (χ0v) is 10.7. The van der Waals surface area contributed by atoms with Crippen LogP contribution in [-0.2, 0) is 0 Å². The quantitative estimate of drug-likeness (QED) is 0.793. The molecule has 2 nitrogen and oxygen atoms in total. The first kappa shape index (κ1) is 12.3. The number of thioether (sulfide) groups is 1. The lowest BCUT2D eigenvalue weighted by Gasteiger charge is -2.16. The Labute approximate surface area is 106 Å². The van der Waals surface area contributed by atoms with E-state index in [1.165, 1.54) is 5.56 Å². The zero-order chi connectivity index (χ0) is 11.9. The molecule has 17 heavy (non-hydrogen) atoms. The lowest BCUT2D eigenvalue weighted by atomic mass is 10.0. The molecule has 1 aromatic carbocycles. The topological polar surface area (TPSA) is 25.2 Å². The van der Waals surface area contributed by atoms with E-state index in [9.17, 15) is 0 Å². The van der Waals surface area contributed by atoms with E-state index in [-0.39, 0.29) is 6.04 Å². The normalized spacial score (nSPS) is 12.5. The number of rotatable bonds is 6. The van der Waals surface area contributed by atoms with E-state index in [1.54, 1.807) is 6.26 Å². The molecule has 90 valence electrons. The molecule has 1 N–H and O–H groups in total. The predicted octanol–water partition coefficient (Wildman–Crippen LogP) is 3.32. The van der Waals surface area contributed by atoms with Crippen LogP contribution in [0.1, 0.15) is 17.4 Å². The number of nitrogens with one attached hydrogen (secondary N) is 1. The van der Waals surface area contributed by atoms with E-state index in [4.69, 9.17) is 4.42 Å². The van der Waals surface area contributed by atoms with Crippen LogP contribution in [0.5, 0.6) is 0 Å². The van der Waals surface area contributed by atoms with Gasteiger partial charge in [0.2, 0.25) is 0 Å². The van der Waals surface area contributed by atoms with E-state index in [1.807, 2.05) is 30.0 Å². The molecule has 0 spiro atoms. The van der Waals surface area contributed by atoms with Crippen molar-refractivity contribution in [1.82, 2.24) is 5.32 Å². The predicted molar refractivity (Wildman–Crippen MR) is 73.4 cm³/mol. The minimum Gasteiger partial charge on any atom is -0.467 e. The summed E-state index contributed by atoms with van der Waals surface area (Å²) >= 11 is 1.84. The summed E-state index contributed by atoms with van der Waals surface area (Å²) in [6.07, 6.45) is 3.84. The Bertz CT molecular complexity index is 413. The number of hydrogen-bond donors (Lipinski definition) is 1. The number of furan rings is 1. The summed E-state index contributed by atoms with van der Waals surface area (Å²) in [7, 11) is 0. The lowest BCUT2D eigenvalue weighted by molar-refractivity contribution is 0.453. The maximum Gasteiger partial charge on any atom is 0.125 e.